The van der Waals surface area contributed by atoms with Crippen LogP contribution >= 0.6 is 0 Å². The van der Waals surface area contributed by atoms with Gasteiger partial charge < -0.3 is 9.47 Å². The van der Waals surface area contributed by atoms with E-state index in [4.69, 9.17) is 9.47 Å². The maximum absolute atomic E-state index is 5.61. The summed E-state index contributed by atoms with van der Waals surface area (Å²) in [5, 5.41) is 7.48. The number of hydrogen-bond acceptors (Lipinski definition) is 6. The summed E-state index contributed by atoms with van der Waals surface area (Å²) in [5.74, 6) is 1.82. The van der Waals surface area contributed by atoms with Crippen LogP contribution < -0.4 is 9.47 Å². The molecule has 1 aromatic carbocycles. The quantitative estimate of drug-likeness (QED) is 0.715. The van der Waals surface area contributed by atoms with Crippen LogP contribution in [0.15, 0.2) is 41.2 Å². The molecule has 0 saturated carbocycles. The van der Waals surface area contributed by atoms with Gasteiger partial charge in [-0.15, -0.1) is 0 Å². The number of nitrogens with zero attached hydrogens (tertiary/aromatic N) is 3. The fourth-order valence-corrected chi connectivity index (χ4v) is 1.63. The lowest BCUT2D eigenvalue weighted by Gasteiger charge is -2.05. The molecule has 0 spiro atoms. The number of aromatic nitrogens is 3. The van der Waals surface area contributed by atoms with Crippen LogP contribution in [0, 0.1) is 0 Å². The van der Waals surface area contributed by atoms with Crippen molar-refractivity contribution in [3.8, 4) is 17.4 Å². The van der Waals surface area contributed by atoms with E-state index in [1.807, 2.05) is 13.0 Å². The molecule has 6 nitrogen and oxygen atoms in total. The second-order valence-corrected chi connectivity index (χ2v) is 3.78. The van der Waals surface area contributed by atoms with Crippen LogP contribution in [0.3, 0.4) is 0 Å². The third-order valence-electron chi connectivity index (χ3n) is 2.47. The fourth-order valence-electron chi connectivity index (χ4n) is 1.63. The van der Waals surface area contributed by atoms with Crippen molar-refractivity contribution in [1.82, 2.24) is 15.3 Å². The zero-order valence-electron chi connectivity index (χ0n) is 10.2. The van der Waals surface area contributed by atoms with Gasteiger partial charge in [-0.25, -0.2) is 9.61 Å². The van der Waals surface area contributed by atoms with Gasteiger partial charge in [-0.2, -0.15) is 0 Å². The Morgan fingerprint density at radius 3 is 2.68 bits per heavy atom. The van der Waals surface area contributed by atoms with E-state index in [9.17, 15) is 0 Å². The Morgan fingerprint density at radius 2 is 1.89 bits per heavy atom. The Labute approximate surface area is 108 Å². The number of benzene rings is 1. The van der Waals surface area contributed by atoms with Crippen molar-refractivity contribution in [3.63, 3.8) is 0 Å². The first-order valence-electron chi connectivity index (χ1n) is 5.84. The monoisotopic (exact) mass is 257 g/mol. The summed E-state index contributed by atoms with van der Waals surface area (Å²) in [6, 6.07) is 8.85. The smallest absolute Gasteiger partial charge is 0.219 e. The molecule has 0 amide bonds. The summed E-state index contributed by atoms with van der Waals surface area (Å²) >= 11 is 0. The number of pyridine rings is 1. The summed E-state index contributed by atoms with van der Waals surface area (Å²) in [5.41, 5.74) is 1.33. The van der Waals surface area contributed by atoms with Gasteiger partial charge in [0.2, 0.25) is 5.88 Å². The molecule has 0 bridgehead atoms. The maximum atomic E-state index is 5.61. The molecule has 0 aliphatic heterocycles. The SMILES string of the molecule is CCOc1ccc(Oc2ccc3nonc3c2)nc1. The summed E-state index contributed by atoms with van der Waals surface area (Å²) in [6.07, 6.45) is 1.62. The molecular formula is C13H11N3O3. The highest BCUT2D eigenvalue weighted by molar-refractivity contribution is 5.74. The third-order valence-corrected chi connectivity index (χ3v) is 2.47. The van der Waals surface area contributed by atoms with Crippen molar-refractivity contribution in [1.29, 1.82) is 0 Å². The molecule has 19 heavy (non-hydrogen) atoms. The highest BCUT2D eigenvalue weighted by atomic mass is 16.6. The van der Waals surface area contributed by atoms with Crippen molar-refractivity contribution in [3.05, 3.63) is 36.5 Å². The molecule has 0 fully saturated rings. The lowest BCUT2D eigenvalue weighted by Crippen LogP contribution is -1.93. The Kier molecular flexibility index (Phi) is 2.97. The summed E-state index contributed by atoms with van der Waals surface area (Å²) in [6.45, 7) is 2.53. The van der Waals surface area contributed by atoms with Crippen LogP contribution in [0.5, 0.6) is 17.4 Å². The lowest BCUT2D eigenvalue weighted by atomic mass is 10.3. The second-order valence-electron chi connectivity index (χ2n) is 3.78. The number of rotatable bonds is 4. The van der Waals surface area contributed by atoms with E-state index in [0.29, 0.717) is 35.0 Å². The van der Waals surface area contributed by atoms with Crippen molar-refractivity contribution in [2.45, 2.75) is 6.92 Å². The highest BCUT2D eigenvalue weighted by Crippen LogP contribution is 2.23. The molecule has 2 heterocycles. The molecule has 6 heteroatoms. The highest BCUT2D eigenvalue weighted by Gasteiger charge is 2.04. The Morgan fingerprint density at radius 1 is 1.05 bits per heavy atom. The van der Waals surface area contributed by atoms with Crippen molar-refractivity contribution in [2.24, 2.45) is 0 Å². The molecule has 0 unspecified atom stereocenters. The fraction of sp³-hybridized carbons (Fsp3) is 0.154. The van der Waals surface area contributed by atoms with Gasteiger partial charge in [0.1, 0.15) is 22.5 Å². The number of fused-ring (bicyclic) bond motifs is 1. The topological polar surface area (TPSA) is 70.3 Å². The Hall–Kier alpha value is -2.63. The Balaban J connectivity index is 1.79. The summed E-state index contributed by atoms with van der Waals surface area (Å²) < 4.78 is 15.5. The van der Waals surface area contributed by atoms with Crippen molar-refractivity contribution in [2.75, 3.05) is 6.61 Å². The van der Waals surface area contributed by atoms with E-state index >= 15 is 0 Å². The molecule has 0 atom stereocenters. The molecule has 3 aromatic rings. The van der Waals surface area contributed by atoms with E-state index in [-0.39, 0.29) is 0 Å². The molecule has 0 aliphatic rings. The van der Waals surface area contributed by atoms with Crippen molar-refractivity contribution < 1.29 is 14.1 Å². The van der Waals surface area contributed by atoms with Gasteiger partial charge in [-0.05, 0) is 35.4 Å². The predicted octanol–water partition coefficient (Wildman–Crippen LogP) is 2.81. The minimum atomic E-state index is 0.485. The third kappa shape index (κ3) is 2.47. The van der Waals surface area contributed by atoms with Crippen LogP contribution in [0.1, 0.15) is 6.92 Å². The Bertz CT molecular complexity index is 679. The van der Waals surface area contributed by atoms with Gasteiger partial charge >= 0.3 is 0 Å². The zero-order chi connectivity index (χ0) is 13.1. The molecular weight excluding hydrogens is 246 g/mol. The van der Waals surface area contributed by atoms with Crippen LogP contribution in [-0.4, -0.2) is 21.9 Å². The molecule has 0 saturated heterocycles. The van der Waals surface area contributed by atoms with E-state index in [1.165, 1.54) is 0 Å². The van der Waals surface area contributed by atoms with Crippen LogP contribution in [-0.2, 0) is 0 Å². The maximum Gasteiger partial charge on any atom is 0.219 e. The van der Waals surface area contributed by atoms with Gasteiger partial charge in [0.15, 0.2) is 0 Å². The van der Waals surface area contributed by atoms with Gasteiger partial charge in [0.25, 0.3) is 0 Å². The minimum absolute atomic E-state index is 0.485. The molecule has 2 aromatic heterocycles. The van der Waals surface area contributed by atoms with Gasteiger partial charge in [0.05, 0.1) is 12.8 Å². The van der Waals surface area contributed by atoms with E-state index in [2.05, 4.69) is 19.9 Å². The molecule has 0 aliphatic carbocycles. The van der Waals surface area contributed by atoms with Gasteiger partial charge in [0, 0.05) is 12.1 Å². The van der Waals surface area contributed by atoms with Crippen LogP contribution in [0.4, 0.5) is 0 Å². The molecule has 0 N–H and O–H groups in total. The van der Waals surface area contributed by atoms with Crippen LogP contribution in [0.2, 0.25) is 0 Å². The largest absolute Gasteiger partial charge is 0.492 e. The first-order valence-corrected chi connectivity index (χ1v) is 5.84. The number of ether oxygens (including phenoxy) is 2. The van der Waals surface area contributed by atoms with Crippen LogP contribution in [0.25, 0.3) is 11.0 Å². The predicted molar refractivity (Wildman–Crippen MR) is 67.3 cm³/mol. The first-order chi connectivity index (χ1) is 9.35. The lowest BCUT2D eigenvalue weighted by molar-refractivity contribution is 0.315. The average molecular weight is 257 g/mol. The first kappa shape index (κ1) is 11.5. The number of hydrogen-bond donors (Lipinski definition) is 0. The van der Waals surface area contributed by atoms with E-state index < -0.39 is 0 Å². The van der Waals surface area contributed by atoms with Gasteiger partial charge in [-0.3, -0.25) is 0 Å². The molecule has 3 rings (SSSR count). The zero-order valence-corrected chi connectivity index (χ0v) is 10.2. The van der Waals surface area contributed by atoms with E-state index in [0.717, 1.165) is 0 Å². The van der Waals surface area contributed by atoms with Crippen molar-refractivity contribution >= 4 is 11.0 Å². The van der Waals surface area contributed by atoms with E-state index in [1.54, 1.807) is 30.5 Å². The summed E-state index contributed by atoms with van der Waals surface area (Å²) in [7, 11) is 0. The minimum Gasteiger partial charge on any atom is -0.492 e. The normalized spacial score (nSPS) is 10.6. The molecule has 0 radical (unpaired) electrons. The van der Waals surface area contributed by atoms with Gasteiger partial charge in [-0.1, -0.05) is 0 Å². The standard InChI is InChI=1S/C13H11N3O3/c1-2-17-10-4-6-13(14-8-10)18-9-3-5-11-12(7-9)16-19-15-11/h3-8H,2H2,1H3. The molecule has 96 valence electrons. The summed E-state index contributed by atoms with van der Waals surface area (Å²) in [4.78, 5) is 4.15. The average Bonchev–Trinajstić information content (AvgIpc) is 2.89. The second kappa shape index (κ2) is 4.93.